The van der Waals surface area contributed by atoms with E-state index in [0.29, 0.717) is 46.0 Å². The van der Waals surface area contributed by atoms with Crippen LogP contribution in [-0.2, 0) is 11.3 Å². The van der Waals surface area contributed by atoms with Crippen LogP contribution in [0.25, 0.3) is 33.5 Å². The summed E-state index contributed by atoms with van der Waals surface area (Å²) in [6, 6.07) is 15.2. The maximum Gasteiger partial charge on any atom is 0.244 e. The first kappa shape index (κ1) is 20.5. The Kier molecular flexibility index (Phi) is 5.30. The Morgan fingerprint density at radius 1 is 1.03 bits per heavy atom. The van der Waals surface area contributed by atoms with Gasteiger partial charge in [0.1, 0.15) is 29.9 Å². The molecule has 32 heavy (non-hydrogen) atoms. The van der Waals surface area contributed by atoms with E-state index < -0.39 is 6.17 Å². The third-order valence-corrected chi connectivity index (χ3v) is 5.90. The summed E-state index contributed by atoms with van der Waals surface area (Å²) >= 11 is 6.78. The molecule has 0 radical (unpaired) electrons. The van der Waals surface area contributed by atoms with E-state index in [1.54, 1.807) is 12.1 Å². The van der Waals surface area contributed by atoms with Gasteiger partial charge in [0.25, 0.3) is 0 Å². The second-order valence-electron chi connectivity index (χ2n) is 7.67. The molecule has 2 aromatic carbocycles. The molecule has 2 aromatic heterocycles. The topological polar surface area (TPSA) is 63.9 Å². The van der Waals surface area contributed by atoms with Crippen molar-refractivity contribution in [3.8, 4) is 22.5 Å². The second kappa shape index (κ2) is 8.27. The van der Waals surface area contributed by atoms with Crippen LogP contribution in [0.4, 0.5) is 8.78 Å². The molecule has 4 aromatic rings. The van der Waals surface area contributed by atoms with Crippen LogP contribution in [0.3, 0.4) is 0 Å². The van der Waals surface area contributed by atoms with Crippen molar-refractivity contribution in [3.05, 3.63) is 65.4 Å². The average molecular weight is 454 g/mol. The van der Waals surface area contributed by atoms with Crippen LogP contribution in [0.1, 0.15) is 6.42 Å². The molecule has 5 rings (SSSR count). The van der Waals surface area contributed by atoms with Gasteiger partial charge in [0.2, 0.25) is 5.91 Å². The van der Waals surface area contributed by atoms with Crippen molar-refractivity contribution >= 4 is 28.5 Å². The summed E-state index contributed by atoms with van der Waals surface area (Å²) in [6.07, 6.45) is -0.677. The molecule has 3 heterocycles. The van der Waals surface area contributed by atoms with E-state index in [1.807, 2.05) is 30.3 Å². The van der Waals surface area contributed by atoms with Gasteiger partial charge in [-0.25, -0.2) is 13.5 Å². The molecule has 0 bridgehead atoms. The Bertz CT molecular complexity index is 1290. The molecule has 1 amide bonds. The van der Waals surface area contributed by atoms with Gasteiger partial charge in [0, 0.05) is 17.7 Å². The molecule has 1 aliphatic heterocycles. The number of hydrogen-bond acceptors (Lipinski definition) is 4. The summed E-state index contributed by atoms with van der Waals surface area (Å²) in [6.45, 7) is 0.322. The maximum absolute atomic E-state index is 13.6. The van der Waals surface area contributed by atoms with Gasteiger partial charge in [-0.15, -0.1) is 10.2 Å². The predicted octanol–water partition coefficient (Wildman–Crippen LogP) is 4.52. The van der Waals surface area contributed by atoms with Gasteiger partial charge in [-0.3, -0.25) is 4.79 Å². The average Bonchev–Trinajstić information content (AvgIpc) is 3.40. The number of aromatic nitrogens is 4. The SMILES string of the molecule is O=C(Cn1nc(-c2ccc(F)cc2)c2c(Cl)c(-c3ccccc3)nnc21)N1CCC(F)C1. The first-order valence-corrected chi connectivity index (χ1v) is 10.5. The second-order valence-corrected chi connectivity index (χ2v) is 8.04. The minimum atomic E-state index is -1.01. The van der Waals surface area contributed by atoms with Crippen LogP contribution in [0.15, 0.2) is 54.6 Å². The van der Waals surface area contributed by atoms with Gasteiger partial charge in [0.05, 0.1) is 17.0 Å². The highest BCUT2D eigenvalue weighted by Gasteiger charge is 2.28. The van der Waals surface area contributed by atoms with Crippen molar-refractivity contribution in [1.82, 2.24) is 24.9 Å². The molecule has 162 valence electrons. The number of carbonyl (C=O) groups excluding carboxylic acids is 1. The van der Waals surface area contributed by atoms with Crippen molar-refractivity contribution in [2.24, 2.45) is 0 Å². The minimum absolute atomic E-state index is 0.0768. The van der Waals surface area contributed by atoms with E-state index in [4.69, 9.17) is 11.6 Å². The molecule has 1 fully saturated rings. The molecule has 1 saturated heterocycles. The van der Waals surface area contributed by atoms with Crippen LogP contribution < -0.4 is 0 Å². The highest BCUT2D eigenvalue weighted by atomic mass is 35.5. The number of fused-ring (bicyclic) bond motifs is 1. The lowest BCUT2D eigenvalue weighted by atomic mass is 10.1. The lowest BCUT2D eigenvalue weighted by molar-refractivity contribution is -0.131. The fraction of sp³-hybridized carbons (Fsp3) is 0.217. The lowest BCUT2D eigenvalue weighted by Crippen LogP contribution is -2.32. The van der Waals surface area contributed by atoms with Gasteiger partial charge >= 0.3 is 0 Å². The van der Waals surface area contributed by atoms with Crippen molar-refractivity contribution in [2.45, 2.75) is 19.1 Å². The van der Waals surface area contributed by atoms with Crippen LogP contribution in [0.5, 0.6) is 0 Å². The number of halogens is 3. The van der Waals surface area contributed by atoms with Crippen LogP contribution >= 0.6 is 11.6 Å². The molecular weight excluding hydrogens is 436 g/mol. The fourth-order valence-corrected chi connectivity index (χ4v) is 4.21. The summed E-state index contributed by atoms with van der Waals surface area (Å²) in [7, 11) is 0. The highest BCUT2D eigenvalue weighted by molar-refractivity contribution is 6.38. The predicted molar refractivity (Wildman–Crippen MR) is 117 cm³/mol. The van der Waals surface area contributed by atoms with Crippen molar-refractivity contribution in [3.63, 3.8) is 0 Å². The van der Waals surface area contributed by atoms with Crippen molar-refractivity contribution in [1.29, 1.82) is 0 Å². The van der Waals surface area contributed by atoms with Gasteiger partial charge in [-0.05, 0) is 30.7 Å². The monoisotopic (exact) mass is 453 g/mol. The largest absolute Gasteiger partial charge is 0.338 e. The number of carbonyl (C=O) groups is 1. The summed E-state index contributed by atoms with van der Waals surface area (Å²) < 4.78 is 28.5. The van der Waals surface area contributed by atoms with E-state index in [2.05, 4.69) is 15.3 Å². The summed E-state index contributed by atoms with van der Waals surface area (Å²) in [5.74, 6) is -0.636. The molecule has 1 unspecified atom stereocenters. The van der Waals surface area contributed by atoms with Gasteiger partial charge in [-0.2, -0.15) is 5.10 Å². The van der Waals surface area contributed by atoms with E-state index in [1.165, 1.54) is 21.7 Å². The van der Waals surface area contributed by atoms with Crippen LogP contribution in [0.2, 0.25) is 5.02 Å². The Balaban J connectivity index is 1.64. The van der Waals surface area contributed by atoms with E-state index in [0.717, 1.165) is 5.56 Å². The van der Waals surface area contributed by atoms with Gasteiger partial charge in [0.15, 0.2) is 5.65 Å². The van der Waals surface area contributed by atoms with E-state index in [-0.39, 0.29) is 24.8 Å². The number of rotatable bonds is 4. The summed E-state index contributed by atoms with van der Waals surface area (Å²) in [5.41, 5.74) is 2.69. The standard InChI is InChI=1S/C23H18ClF2N5O/c24-20-19-21(15-6-8-16(25)9-7-15)29-31(13-18(32)30-11-10-17(26)12-30)23(19)28-27-22(20)14-4-2-1-3-5-14/h1-9,17H,10-13H2. The van der Waals surface area contributed by atoms with Crippen molar-refractivity contribution < 1.29 is 13.6 Å². The zero-order valence-electron chi connectivity index (χ0n) is 16.9. The van der Waals surface area contributed by atoms with E-state index in [9.17, 15) is 13.6 Å². The van der Waals surface area contributed by atoms with E-state index >= 15 is 0 Å². The first-order valence-electron chi connectivity index (χ1n) is 10.2. The summed E-state index contributed by atoms with van der Waals surface area (Å²) in [4.78, 5) is 14.2. The zero-order chi connectivity index (χ0) is 22.2. The van der Waals surface area contributed by atoms with Gasteiger partial charge < -0.3 is 4.90 Å². The molecule has 1 atom stereocenters. The Morgan fingerprint density at radius 2 is 1.75 bits per heavy atom. The van der Waals surface area contributed by atoms with Crippen molar-refractivity contribution in [2.75, 3.05) is 13.1 Å². The number of hydrogen-bond donors (Lipinski definition) is 0. The quantitative estimate of drug-likeness (QED) is 0.455. The Hall–Kier alpha value is -3.39. The summed E-state index contributed by atoms with van der Waals surface area (Å²) in [5, 5.41) is 14.0. The maximum atomic E-state index is 13.6. The smallest absolute Gasteiger partial charge is 0.244 e. The lowest BCUT2D eigenvalue weighted by Gasteiger charge is -2.15. The third-order valence-electron chi connectivity index (χ3n) is 5.53. The van der Waals surface area contributed by atoms with Crippen LogP contribution in [-0.4, -0.2) is 50.0 Å². The highest BCUT2D eigenvalue weighted by Crippen LogP contribution is 2.37. The normalized spacial score (nSPS) is 16.1. The number of amides is 1. The minimum Gasteiger partial charge on any atom is -0.338 e. The molecule has 6 nitrogen and oxygen atoms in total. The fourth-order valence-electron chi connectivity index (χ4n) is 3.89. The number of benzene rings is 2. The number of alkyl halides is 1. The zero-order valence-corrected chi connectivity index (χ0v) is 17.6. The molecule has 0 saturated carbocycles. The number of likely N-dealkylation sites (tertiary alicyclic amines) is 1. The first-order chi connectivity index (χ1) is 15.5. The molecule has 0 N–H and O–H groups in total. The third kappa shape index (κ3) is 3.71. The molecule has 0 aliphatic carbocycles. The van der Waals surface area contributed by atoms with Gasteiger partial charge in [-0.1, -0.05) is 41.9 Å². The molecule has 0 spiro atoms. The number of nitrogens with zero attached hydrogens (tertiary/aromatic N) is 5. The molecule has 1 aliphatic rings. The Labute approximate surface area is 187 Å². The molecular formula is C23H18ClF2N5O. The molecule has 9 heteroatoms. The van der Waals surface area contributed by atoms with Crippen LogP contribution in [0, 0.1) is 5.82 Å². The Morgan fingerprint density at radius 3 is 2.44 bits per heavy atom.